The summed E-state index contributed by atoms with van der Waals surface area (Å²) in [5, 5.41) is 10.1. The van der Waals surface area contributed by atoms with Crippen LogP contribution in [0.2, 0.25) is 0 Å². The lowest BCUT2D eigenvalue weighted by atomic mass is 10.1. The Morgan fingerprint density at radius 1 is 0.560 bits per heavy atom. The SMILES string of the molecule is CNc1ccc(P(c2ccccc2)c2ccccc2)c2ccccc12. The molecule has 4 rings (SSSR count). The zero-order valence-electron chi connectivity index (χ0n) is 14.2. The molecule has 1 N–H and O–H groups in total. The van der Waals surface area contributed by atoms with Gasteiger partial charge in [-0.25, -0.2) is 0 Å². The van der Waals surface area contributed by atoms with Crippen LogP contribution < -0.4 is 21.2 Å². The lowest BCUT2D eigenvalue weighted by molar-refractivity contribution is 1.55. The number of benzene rings is 4. The van der Waals surface area contributed by atoms with Crippen LogP contribution in [0.1, 0.15) is 0 Å². The fourth-order valence-corrected chi connectivity index (χ4v) is 5.73. The van der Waals surface area contributed by atoms with Gasteiger partial charge in [-0.05, 0) is 35.3 Å². The predicted octanol–water partition coefficient (Wildman–Crippen LogP) is 4.64. The first-order chi connectivity index (χ1) is 12.4. The van der Waals surface area contributed by atoms with Gasteiger partial charge < -0.3 is 5.32 Å². The molecular weight excluding hydrogens is 321 g/mol. The number of hydrogen-bond donors (Lipinski definition) is 1. The molecule has 0 radical (unpaired) electrons. The summed E-state index contributed by atoms with van der Waals surface area (Å²) in [6.07, 6.45) is 0. The minimum Gasteiger partial charge on any atom is -0.388 e. The Hall–Kier alpha value is -2.63. The lowest BCUT2D eigenvalue weighted by Crippen LogP contribution is -2.21. The molecule has 0 saturated carbocycles. The summed E-state index contributed by atoms with van der Waals surface area (Å²) in [6.45, 7) is 0. The molecule has 0 heterocycles. The van der Waals surface area contributed by atoms with Crippen molar-refractivity contribution >= 4 is 40.3 Å². The minimum absolute atomic E-state index is 0.591. The second-order valence-electron chi connectivity index (χ2n) is 5.93. The first-order valence-corrected chi connectivity index (χ1v) is 9.82. The van der Waals surface area contributed by atoms with Crippen LogP contribution in [-0.2, 0) is 0 Å². The van der Waals surface area contributed by atoms with Crippen molar-refractivity contribution in [3.05, 3.63) is 97.1 Å². The van der Waals surface area contributed by atoms with E-state index in [1.54, 1.807) is 0 Å². The average Bonchev–Trinajstić information content (AvgIpc) is 2.70. The number of rotatable bonds is 4. The molecule has 2 heteroatoms. The Bertz CT molecular complexity index is 941. The summed E-state index contributed by atoms with van der Waals surface area (Å²) in [4.78, 5) is 0. The number of nitrogens with one attached hydrogen (secondary N) is 1. The highest BCUT2D eigenvalue weighted by Gasteiger charge is 2.19. The largest absolute Gasteiger partial charge is 0.388 e. The van der Waals surface area contributed by atoms with Crippen molar-refractivity contribution in [3.63, 3.8) is 0 Å². The normalized spacial score (nSPS) is 11.0. The summed E-state index contributed by atoms with van der Waals surface area (Å²) in [6, 6.07) is 34.9. The van der Waals surface area contributed by atoms with E-state index in [1.807, 2.05) is 7.05 Å². The Balaban J connectivity index is 1.99. The third kappa shape index (κ3) is 3.04. The van der Waals surface area contributed by atoms with Gasteiger partial charge >= 0.3 is 0 Å². The standard InChI is InChI=1S/C23H20NP/c1-24-22-16-17-23(21-15-9-8-14-20(21)22)25(18-10-4-2-5-11-18)19-12-6-3-7-13-19/h2-17,24H,1H3. The van der Waals surface area contributed by atoms with E-state index in [2.05, 4.69) is 102 Å². The fraction of sp³-hybridized carbons (Fsp3) is 0.0435. The maximum atomic E-state index is 3.32. The Morgan fingerprint density at radius 3 is 1.64 bits per heavy atom. The van der Waals surface area contributed by atoms with E-state index < -0.39 is 7.92 Å². The van der Waals surface area contributed by atoms with Crippen molar-refractivity contribution in [3.8, 4) is 0 Å². The fourth-order valence-electron chi connectivity index (χ4n) is 3.28. The maximum Gasteiger partial charge on any atom is 0.0417 e. The van der Waals surface area contributed by atoms with Gasteiger partial charge in [0.05, 0.1) is 0 Å². The van der Waals surface area contributed by atoms with Crippen molar-refractivity contribution in [2.24, 2.45) is 0 Å². The van der Waals surface area contributed by atoms with Crippen LogP contribution >= 0.6 is 7.92 Å². The number of hydrogen-bond acceptors (Lipinski definition) is 1. The monoisotopic (exact) mass is 341 g/mol. The van der Waals surface area contributed by atoms with Gasteiger partial charge in [0.2, 0.25) is 0 Å². The van der Waals surface area contributed by atoms with Crippen LogP contribution in [0, 0.1) is 0 Å². The van der Waals surface area contributed by atoms with Crippen LogP contribution in [0.4, 0.5) is 5.69 Å². The summed E-state index contributed by atoms with van der Waals surface area (Å²) in [5.74, 6) is 0. The molecule has 1 nitrogen and oxygen atoms in total. The molecule has 25 heavy (non-hydrogen) atoms. The Kier molecular flexibility index (Phi) is 4.50. The molecular formula is C23H20NP. The molecule has 0 spiro atoms. The van der Waals surface area contributed by atoms with Gasteiger partial charge in [-0.3, -0.25) is 0 Å². The van der Waals surface area contributed by atoms with E-state index in [0.717, 1.165) is 0 Å². The average molecular weight is 341 g/mol. The van der Waals surface area contributed by atoms with E-state index in [0.29, 0.717) is 0 Å². The van der Waals surface area contributed by atoms with E-state index in [4.69, 9.17) is 0 Å². The number of fused-ring (bicyclic) bond motifs is 1. The topological polar surface area (TPSA) is 12.0 Å². The second kappa shape index (κ2) is 7.09. The molecule has 0 saturated heterocycles. The van der Waals surface area contributed by atoms with Gasteiger partial charge in [0.15, 0.2) is 0 Å². The smallest absolute Gasteiger partial charge is 0.0417 e. The Morgan fingerprint density at radius 2 is 1.08 bits per heavy atom. The second-order valence-corrected chi connectivity index (χ2v) is 8.12. The molecule has 4 aromatic carbocycles. The maximum absolute atomic E-state index is 3.32. The highest BCUT2D eigenvalue weighted by molar-refractivity contribution is 7.80. The van der Waals surface area contributed by atoms with Crippen molar-refractivity contribution in [2.75, 3.05) is 12.4 Å². The molecule has 0 atom stereocenters. The van der Waals surface area contributed by atoms with E-state index in [1.165, 1.54) is 32.4 Å². The van der Waals surface area contributed by atoms with E-state index >= 15 is 0 Å². The van der Waals surface area contributed by atoms with Crippen LogP contribution in [0.5, 0.6) is 0 Å². The van der Waals surface area contributed by atoms with Gasteiger partial charge in [-0.2, -0.15) is 0 Å². The summed E-state index contributed by atoms with van der Waals surface area (Å²) >= 11 is 0. The third-order valence-electron chi connectivity index (χ3n) is 4.44. The molecule has 0 aliphatic carbocycles. The van der Waals surface area contributed by atoms with Crippen LogP contribution in [0.3, 0.4) is 0 Å². The molecule has 0 aliphatic heterocycles. The van der Waals surface area contributed by atoms with Gasteiger partial charge in [-0.15, -0.1) is 0 Å². The Labute approximate surface area is 150 Å². The van der Waals surface area contributed by atoms with Gasteiger partial charge in [0, 0.05) is 18.1 Å². The molecule has 4 aromatic rings. The lowest BCUT2D eigenvalue weighted by Gasteiger charge is -2.22. The molecule has 0 fully saturated rings. The highest BCUT2D eigenvalue weighted by Crippen LogP contribution is 2.37. The molecule has 0 aromatic heterocycles. The first kappa shape index (κ1) is 15.9. The summed E-state index contributed by atoms with van der Waals surface area (Å²) in [7, 11) is 1.39. The third-order valence-corrected chi connectivity index (χ3v) is 6.94. The number of anilines is 1. The zero-order chi connectivity index (χ0) is 17.1. The van der Waals surface area contributed by atoms with Crippen LogP contribution in [0.25, 0.3) is 10.8 Å². The molecule has 0 amide bonds. The molecule has 0 aliphatic rings. The van der Waals surface area contributed by atoms with Crippen molar-refractivity contribution in [2.45, 2.75) is 0 Å². The van der Waals surface area contributed by atoms with E-state index in [9.17, 15) is 0 Å². The van der Waals surface area contributed by atoms with Crippen LogP contribution in [0.15, 0.2) is 97.1 Å². The predicted molar refractivity (Wildman–Crippen MR) is 112 cm³/mol. The van der Waals surface area contributed by atoms with Crippen molar-refractivity contribution in [1.82, 2.24) is 0 Å². The van der Waals surface area contributed by atoms with Gasteiger partial charge in [-0.1, -0.05) is 91.0 Å². The van der Waals surface area contributed by atoms with Crippen LogP contribution in [-0.4, -0.2) is 7.05 Å². The van der Waals surface area contributed by atoms with Crippen molar-refractivity contribution < 1.29 is 0 Å². The first-order valence-electron chi connectivity index (χ1n) is 8.48. The molecule has 0 unspecified atom stereocenters. The van der Waals surface area contributed by atoms with Crippen molar-refractivity contribution in [1.29, 1.82) is 0 Å². The quantitative estimate of drug-likeness (QED) is 0.533. The molecule has 0 bridgehead atoms. The van der Waals surface area contributed by atoms with Gasteiger partial charge in [0.25, 0.3) is 0 Å². The summed E-state index contributed by atoms with van der Waals surface area (Å²) in [5.41, 5.74) is 1.18. The van der Waals surface area contributed by atoms with E-state index in [-0.39, 0.29) is 0 Å². The van der Waals surface area contributed by atoms with Gasteiger partial charge in [0.1, 0.15) is 0 Å². The minimum atomic E-state index is -0.591. The summed E-state index contributed by atoms with van der Waals surface area (Å²) < 4.78 is 0. The zero-order valence-corrected chi connectivity index (χ0v) is 15.1. The highest BCUT2D eigenvalue weighted by atomic mass is 31.1. The molecule has 122 valence electrons.